The van der Waals surface area contributed by atoms with Crippen LogP contribution in [-0.4, -0.2) is 23.5 Å². The van der Waals surface area contributed by atoms with Crippen LogP contribution in [0.3, 0.4) is 0 Å². The molecule has 2 rings (SSSR count). The highest BCUT2D eigenvalue weighted by Gasteiger charge is 2.25. The summed E-state index contributed by atoms with van der Waals surface area (Å²) in [6, 6.07) is 5.41. The van der Waals surface area contributed by atoms with Crippen LogP contribution in [0.4, 0.5) is 10.5 Å². The van der Waals surface area contributed by atoms with E-state index in [1.165, 1.54) is 6.42 Å². The average molecular weight is 301 g/mol. The van der Waals surface area contributed by atoms with Crippen molar-refractivity contribution in [3.8, 4) is 0 Å². The molecule has 0 aromatic heterocycles. The smallest absolute Gasteiger partial charge is 0.322 e. The Hall–Kier alpha value is -0.930. The number of likely N-dealkylation sites (tertiary alicyclic amines) is 1. The lowest BCUT2D eigenvalue weighted by Crippen LogP contribution is -2.45. The van der Waals surface area contributed by atoms with Gasteiger partial charge in [-0.3, -0.25) is 0 Å². The number of nitrogens with zero attached hydrogens (tertiary/aromatic N) is 1. The molecule has 2 amide bonds. The molecule has 1 aliphatic heterocycles. The standard InChI is InChI=1S/C14H18Cl2N2O/c1-2-11-5-3-4-8-18(11)14(19)17-10-6-7-12(15)13(16)9-10/h6-7,9,11H,2-5,8H2,1H3,(H,17,19)/t11-/m0/s1. The first-order valence-corrected chi connectivity index (χ1v) is 7.40. The minimum Gasteiger partial charge on any atom is -0.322 e. The topological polar surface area (TPSA) is 32.3 Å². The second kappa shape index (κ2) is 6.49. The third-order valence-electron chi connectivity index (χ3n) is 3.53. The third-order valence-corrected chi connectivity index (χ3v) is 4.27. The molecule has 1 heterocycles. The lowest BCUT2D eigenvalue weighted by Gasteiger charge is -2.35. The lowest BCUT2D eigenvalue weighted by atomic mass is 10.0. The molecule has 0 bridgehead atoms. The second-order valence-electron chi connectivity index (χ2n) is 4.81. The van der Waals surface area contributed by atoms with Gasteiger partial charge in [-0.05, 0) is 43.9 Å². The molecule has 0 saturated carbocycles. The van der Waals surface area contributed by atoms with Crippen molar-refractivity contribution in [3.05, 3.63) is 28.2 Å². The van der Waals surface area contributed by atoms with E-state index in [0.29, 0.717) is 21.8 Å². The Bertz CT molecular complexity index is 465. The number of halogens is 2. The van der Waals surface area contributed by atoms with Crippen LogP contribution in [0.2, 0.25) is 10.0 Å². The van der Waals surface area contributed by atoms with E-state index in [9.17, 15) is 4.79 Å². The summed E-state index contributed by atoms with van der Waals surface area (Å²) in [5.74, 6) is 0. The monoisotopic (exact) mass is 300 g/mol. The Morgan fingerprint density at radius 3 is 2.84 bits per heavy atom. The van der Waals surface area contributed by atoms with Crippen LogP contribution in [0.5, 0.6) is 0 Å². The largest absolute Gasteiger partial charge is 0.322 e. The van der Waals surface area contributed by atoms with E-state index < -0.39 is 0 Å². The normalized spacial score (nSPS) is 19.3. The highest BCUT2D eigenvalue weighted by Crippen LogP contribution is 2.26. The maximum Gasteiger partial charge on any atom is 0.322 e. The van der Waals surface area contributed by atoms with Gasteiger partial charge in [0.2, 0.25) is 0 Å². The van der Waals surface area contributed by atoms with Gasteiger partial charge in [-0.25, -0.2) is 4.79 Å². The molecule has 1 aliphatic rings. The van der Waals surface area contributed by atoms with Crippen LogP contribution in [0, 0.1) is 0 Å². The molecule has 3 nitrogen and oxygen atoms in total. The van der Waals surface area contributed by atoms with Gasteiger partial charge in [-0.2, -0.15) is 0 Å². The van der Waals surface area contributed by atoms with E-state index in [1.54, 1.807) is 18.2 Å². The van der Waals surface area contributed by atoms with Crippen molar-refractivity contribution in [1.29, 1.82) is 0 Å². The van der Waals surface area contributed by atoms with Gasteiger partial charge in [-0.15, -0.1) is 0 Å². The van der Waals surface area contributed by atoms with Gasteiger partial charge in [-0.1, -0.05) is 30.1 Å². The number of amides is 2. The van der Waals surface area contributed by atoms with Crippen LogP contribution in [-0.2, 0) is 0 Å². The number of anilines is 1. The lowest BCUT2D eigenvalue weighted by molar-refractivity contribution is 0.160. The molecule has 1 N–H and O–H groups in total. The minimum absolute atomic E-state index is 0.0510. The Labute approximate surface area is 123 Å². The van der Waals surface area contributed by atoms with Crippen molar-refractivity contribution in [2.75, 3.05) is 11.9 Å². The number of nitrogens with one attached hydrogen (secondary N) is 1. The maximum atomic E-state index is 12.3. The molecular weight excluding hydrogens is 283 g/mol. The first kappa shape index (κ1) is 14.5. The van der Waals surface area contributed by atoms with Gasteiger partial charge in [0.1, 0.15) is 0 Å². The third kappa shape index (κ3) is 3.54. The molecule has 104 valence electrons. The summed E-state index contributed by atoms with van der Waals surface area (Å²) < 4.78 is 0. The van der Waals surface area contributed by atoms with Crippen LogP contribution in [0.1, 0.15) is 32.6 Å². The summed E-state index contributed by atoms with van der Waals surface area (Å²) >= 11 is 11.8. The highest BCUT2D eigenvalue weighted by molar-refractivity contribution is 6.42. The average Bonchev–Trinajstić information content (AvgIpc) is 2.43. The van der Waals surface area contributed by atoms with Crippen LogP contribution >= 0.6 is 23.2 Å². The Balaban J connectivity index is 2.05. The van der Waals surface area contributed by atoms with E-state index >= 15 is 0 Å². The van der Waals surface area contributed by atoms with E-state index in [0.717, 1.165) is 25.8 Å². The zero-order chi connectivity index (χ0) is 13.8. The van der Waals surface area contributed by atoms with Gasteiger partial charge >= 0.3 is 6.03 Å². The quantitative estimate of drug-likeness (QED) is 0.837. The number of benzene rings is 1. The number of piperidine rings is 1. The summed E-state index contributed by atoms with van der Waals surface area (Å²) in [5.41, 5.74) is 0.680. The molecule has 0 unspecified atom stereocenters. The second-order valence-corrected chi connectivity index (χ2v) is 5.62. The number of carbonyl (C=O) groups is 1. The van der Waals surface area contributed by atoms with Crippen molar-refractivity contribution in [3.63, 3.8) is 0 Å². The maximum absolute atomic E-state index is 12.3. The summed E-state index contributed by atoms with van der Waals surface area (Å²) in [6.45, 7) is 2.95. The molecule has 0 aliphatic carbocycles. The van der Waals surface area contributed by atoms with Gasteiger partial charge in [0, 0.05) is 18.3 Å². The number of rotatable bonds is 2. The molecule has 1 fully saturated rings. The SMILES string of the molecule is CC[C@H]1CCCCN1C(=O)Nc1ccc(Cl)c(Cl)c1. The Morgan fingerprint density at radius 1 is 1.37 bits per heavy atom. The summed E-state index contributed by atoms with van der Waals surface area (Å²) in [7, 11) is 0. The van der Waals surface area contributed by atoms with Crippen molar-refractivity contribution >= 4 is 34.9 Å². The molecule has 1 saturated heterocycles. The zero-order valence-corrected chi connectivity index (χ0v) is 12.5. The van der Waals surface area contributed by atoms with E-state index in [1.807, 2.05) is 4.90 Å². The van der Waals surface area contributed by atoms with Crippen LogP contribution < -0.4 is 5.32 Å². The van der Waals surface area contributed by atoms with Crippen molar-refractivity contribution in [2.45, 2.75) is 38.6 Å². The predicted molar refractivity (Wildman–Crippen MR) is 80.1 cm³/mol. The Kier molecular flexibility index (Phi) is 4.94. The summed E-state index contributed by atoms with van der Waals surface area (Å²) in [4.78, 5) is 14.2. The van der Waals surface area contributed by atoms with E-state index in [-0.39, 0.29) is 6.03 Å². The van der Waals surface area contributed by atoms with E-state index in [4.69, 9.17) is 23.2 Å². The predicted octanol–water partition coefficient (Wildman–Crippen LogP) is 4.79. The molecule has 1 atom stereocenters. The number of hydrogen-bond acceptors (Lipinski definition) is 1. The summed E-state index contributed by atoms with van der Waals surface area (Å²) in [5, 5.41) is 3.83. The number of hydrogen-bond donors (Lipinski definition) is 1. The fourth-order valence-corrected chi connectivity index (χ4v) is 2.76. The van der Waals surface area contributed by atoms with Crippen molar-refractivity contribution in [2.24, 2.45) is 0 Å². The fraction of sp³-hybridized carbons (Fsp3) is 0.500. The van der Waals surface area contributed by atoms with Crippen LogP contribution in [0.25, 0.3) is 0 Å². The first-order chi connectivity index (χ1) is 9.11. The zero-order valence-electron chi connectivity index (χ0n) is 11.0. The van der Waals surface area contributed by atoms with Gasteiger partial charge in [0.25, 0.3) is 0 Å². The van der Waals surface area contributed by atoms with Crippen LogP contribution in [0.15, 0.2) is 18.2 Å². The molecule has 0 spiro atoms. The first-order valence-electron chi connectivity index (χ1n) is 6.64. The fourth-order valence-electron chi connectivity index (χ4n) is 2.46. The molecule has 0 radical (unpaired) electrons. The molecule has 1 aromatic rings. The van der Waals surface area contributed by atoms with Crippen molar-refractivity contribution in [1.82, 2.24) is 4.90 Å². The van der Waals surface area contributed by atoms with E-state index in [2.05, 4.69) is 12.2 Å². The molecule has 1 aromatic carbocycles. The Morgan fingerprint density at radius 2 is 2.16 bits per heavy atom. The molecule has 19 heavy (non-hydrogen) atoms. The summed E-state index contributed by atoms with van der Waals surface area (Å²) in [6.07, 6.45) is 4.36. The highest BCUT2D eigenvalue weighted by atomic mass is 35.5. The van der Waals surface area contributed by atoms with Gasteiger partial charge in [0.15, 0.2) is 0 Å². The minimum atomic E-state index is -0.0510. The molecule has 5 heteroatoms. The number of urea groups is 1. The molecular formula is C14H18Cl2N2O. The van der Waals surface area contributed by atoms with Gasteiger partial charge in [0.05, 0.1) is 10.0 Å². The van der Waals surface area contributed by atoms with Gasteiger partial charge < -0.3 is 10.2 Å². The van der Waals surface area contributed by atoms with Crippen molar-refractivity contribution < 1.29 is 4.79 Å². The number of carbonyl (C=O) groups excluding carboxylic acids is 1.